The topological polar surface area (TPSA) is 24.9 Å². The zero-order valence-corrected chi connectivity index (χ0v) is 12.2. The molecule has 19 heavy (non-hydrogen) atoms. The summed E-state index contributed by atoms with van der Waals surface area (Å²) in [5.41, 5.74) is 2.52. The van der Waals surface area contributed by atoms with Gasteiger partial charge in [0, 0.05) is 11.6 Å². The molecule has 0 saturated carbocycles. The summed E-state index contributed by atoms with van der Waals surface area (Å²) in [5, 5.41) is 4.74. The largest absolute Gasteiger partial charge is 0.317 e. The van der Waals surface area contributed by atoms with Gasteiger partial charge in [0.05, 0.1) is 5.52 Å². The van der Waals surface area contributed by atoms with E-state index in [0.717, 1.165) is 25.0 Å². The summed E-state index contributed by atoms with van der Waals surface area (Å²) in [6, 6.07) is 10.6. The summed E-state index contributed by atoms with van der Waals surface area (Å²) >= 11 is 0. The van der Waals surface area contributed by atoms with Crippen LogP contribution in [0, 0.1) is 11.8 Å². The molecule has 2 unspecified atom stereocenters. The molecule has 1 N–H and O–H groups in total. The third kappa shape index (κ3) is 3.54. The Hall–Kier alpha value is -1.41. The van der Waals surface area contributed by atoms with Crippen LogP contribution in [0.5, 0.6) is 0 Å². The van der Waals surface area contributed by atoms with Gasteiger partial charge < -0.3 is 5.32 Å². The highest BCUT2D eigenvalue weighted by Crippen LogP contribution is 2.22. The third-order valence-corrected chi connectivity index (χ3v) is 3.97. The van der Waals surface area contributed by atoms with Gasteiger partial charge in [-0.05, 0) is 49.0 Å². The lowest BCUT2D eigenvalue weighted by atomic mass is 9.88. The SMILES string of the molecule is CCNCC(C)C(C)Cc1ccnc2ccccc12. The van der Waals surface area contributed by atoms with E-state index in [1.807, 2.05) is 6.20 Å². The molecule has 0 fully saturated rings. The highest BCUT2D eigenvalue weighted by atomic mass is 14.8. The fourth-order valence-electron chi connectivity index (χ4n) is 2.45. The molecule has 1 aromatic carbocycles. The fraction of sp³-hybridized carbons (Fsp3) is 0.471. The van der Waals surface area contributed by atoms with Crippen LogP contribution < -0.4 is 5.32 Å². The molecule has 1 aromatic heterocycles. The molecule has 0 radical (unpaired) electrons. The molecule has 1 heterocycles. The minimum Gasteiger partial charge on any atom is -0.317 e. The lowest BCUT2D eigenvalue weighted by Crippen LogP contribution is -2.25. The Morgan fingerprint density at radius 3 is 2.68 bits per heavy atom. The van der Waals surface area contributed by atoms with Crippen LogP contribution in [0.2, 0.25) is 0 Å². The second kappa shape index (κ2) is 6.67. The molecule has 2 atom stereocenters. The minimum atomic E-state index is 0.671. The number of fused-ring (bicyclic) bond motifs is 1. The second-order valence-electron chi connectivity index (χ2n) is 5.45. The number of hydrogen-bond donors (Lipinski definition) is 1. The molecule has 0 spiro atoms. The smallest absolute Gasteiger partial charge is 0.0704 e. The fourth-order valence-corrected chi connectivity index (χ4v) is 2.45. The van der Waals surface area contributed by atoms with E-state index in [-0.39, 0.29) is 0 Å². The maximum Gasteiger partial charge on any atom is 0.0704 e. The monoisotopic (exact) mass is 256 g/mol. The molecule has 2 nitrogen and oxygen atoms in total. The predicted octanol–water partition coefficient (Wildman–Crippen LogP) is 3.66. The molecule has 0 bridgehead atoms. The molecule has 0 aliphatic heterocycles. The van der Waals surface area contributed by atoms with E-state index in [9.17, 15) is 0 Å². The maximum absolute atomic E-state index is 4.43. The van der Waals surface area contributed by atoms with Crippen LogP contribution in [0.1, 0.15) is 26.3 Å². The number of para-hydroxylation sites is 1. The summed E-state index contributed by atoms with van der Waals surface area (Å²) in [5.74, 6) is 1.36. The molecule has 2 aromatic rings. The highest BCUT2D eigenvalue weighted by Gasteiger charge is 2.13. The maximum atomic E-state index is 4.43. The molecular formula is C17H24N2. The normalized spacial score (nSPS) is 14.5. The van der Waals surface area contributed by atoms with E-state index in [2.05, 4.69) is 61.4 Å². The van der Waals surface area contributed by atoms with Crippen molar-refractivity contribution >= 4 is 10.9 Å². The quantitative estimate of drug-likeness (QED) is 0.853. The van der Waals surface area contributed by atoms with Crippen molar-refractivity contribution in [2.24, 2.45) is 11.8 Å². The zero-order valence-electron chi connectivity index (χ0n) is 12.2. The molecule has 2 heteroatoms. The van der Waals surface area contributed by atoms with Crippen LogP contribution in [-0.2, 0) is 6.42 Å². The van der Waals surface area contributed by atoms with E-state index in [1.165, 1.54) is 10.9 Å². The van der Waals surface area contributed by atoms with Crippen LogP contribution in [0.4, 0.5) is 0 Å². The lowest BCUT2D eigenvalue weighted by molar-refractivity contribution is 0.369. The number of rotatable bonds is 6. The average Bonchev–Trinajstić information content (AvgIpc) is 2.45. The summed E-state index contributed by atoms with van der Waals surface area (Å²) in [4.78, 5) is 4.43. The first kappa shape index (κ1) is 14.0. The molecule has 0 aliphatic rings. The van der Waals surface area contributed by atoms with E-state index in [1.54, 1.807) is 0 Å². The van der Waals surface area contributed by atoms with Gasteiger partial charge in [-0.3, -0.25) is 4.98 Å². The van der Waals surface area contributed by atoms with Crippen LogP contribution in [0.25, 0.3) is 10.9 Å². The van der Waals surface area contributed by atoms with Crippen molar-refractivity contribution in [1.82, 2.24) is 10.3 Å². The Labute approximate surface area is 116 Å². The number of benzene rings is 1. The minimum absolute atomic E-state index is 0.671. The first-order chi connectivity index (χ1) is 9.22. The number of pyridine rings is 1. The average molecular weight is 256 g/mol. The summed E-state index contributed by atoms with van der Waals surface area (Å²) in [6.07, 6.45) is 3.05. The Morgan fingerprint density at radius 2 is 1.89 bits per heavy atom. The molecule has 0 aliphatic carbocycles. The second-order valence-corrected chi connectivity index (χ2v) is 5.45. The Balaban J connectivity index is 2.12. The van der Waals surface area contributed by atoms with Gasteiger partial charge in [0.15, 0.2) is 0 Å². The van der Waals surface area contributed by atoms with Crippen molar-refractivity contribution in [2.75, 3.05) is 13.1 Å². The van der Waals surface area contributed by atoms with Crippen molar-refractivity contribution in [3.8, 4) is 0 Å². The molecule has 102 valence electrons. The van der Waals surface area contributed by atoms with Gasteiger partial charge in [-0.25, -0.2) is 0 Å². The van der Waals surface area contributed by atoms with Gasteiger partial charge >= 0.3 is 0 Å². The van der Waals surface area contributed by atoms with Gasteiger partial charge in [0.1, 0.15) is 0 Å². The molecule has 0 amide bonds. The molecular weight excluding hydrogens is 232 g/mol. The zero-order chi connectivity index (χ0) is 13.7. The summed E-state index contributed by atoms with van der Waals surface area (Å²) < 4.78 is 0. The van der Waals surface area contributed by atoms with Crippen molar-refractivity contribution in [2.45, 2.75) is 27.2 Å². The van der Waals surface area contributed by atoms with Crippen LogP contribution in [0.15, 0.2) is 36.5 Å². The van der Waals surface area contributed by atoms with Crippen molar-refractivity contribution in [1.29, 1.82) is 0 Å². The molecule has 0 saturated heterocycles. The summed E-state index contributed by atoms with van der Waals surface area (Å²) in [6.45, 7) is 8.98. The third-order valence-electron chi connectivity index (χ3n) is 3.97. The van der Waals surface area contributed by atoms with E-state index < -0.39 is 0 Å². The van der Waals surface area contributed by atoms with Crippen molar-refractivity contribution in [3.05, 3.63) is 42.1 Å². The number of hydrogen-bond acceptors (Lipinski definition) is 2. The van der Waals surface area contributed by atoms with Gasteiger partial charge in [0.2, 0.25) is 0 Å². The van der Waals surface area contributed by atoms with E-state index in [0.29, 0.717) is 11.8 Å². The Bertz CT molecular complexity index is 516. The van der Waals surface area contributed by atoms with Gasteiger partial charge in [-0.15, -0.1) is 0 Å². The molecule has 2 rings (SSSR count). The number of aromatic nitrogens is 1. The summed E-state index contributed by atoms with van der Waals surface area (Å²) in [7, 11) is 0. The van der Waals surface area contributed by atoms with Crippen LogP contribution in [0.3, 0.4) is 0 Å². The van der Waals surface area contributed by atoms with Crippen molar-refractivity contribution in [3.63, 3.8) is 0 Å². The number of nitrogens with one attached hydrogen (secondary N) is 1. The van der Waals surface area contributed by atoms with E-state index in [4.69, 9.17) is 0 Å². The van der Waals surface area contributed by atoms with Gasteiger partial charge in [-0.1, -0.05) is 39.0 Å². The first-order valence-corrected chi connectivity index (χ1v) is 7.25. The number of nitrogens with zero attached hydrogens (tertiary/aromatic N) is 1. The van der Waals surface area contributed by atoms with Crippen LogP contribution >= 0.6 is 0 Å². The van der Waals surface area contributed by atoms with Crippen LogP contribution in [-0.4, -0.2) is 18.1 Å². The van der Waals surface area contributed by atoms with Gasteiger partial charge in [-0.2, -0.15) is 0 Å². The first-order valence-electron chi connectivity index (χ1n) is 7.25. The van der Waals surface area contributed by atoms with Crippen molar-refractivity contribution < 1.29 is 0 Å². The standard InChI is InChI=1S/C17H24N2/c1-4-18-12-14(3)13(2)11-15-9-10-19-17-8-6-5-7-16(15)17/h5-10,13-14,18H,4,11-12H2,1-3H3. The predicted molar refractivity (Wildman–Crippen MR) is 82.3 cm³/mol. The van der Waals surface area contributed by atoms with E-state index >= 15 is 0 Å². The van der Waals surface area contributed by atoms with Gasteiger partial charge in [0.25, 0.3) is 0 Å². The lowest BCUT2D eigenvalue weighted by Gasteiger charge is -2.20. The highest BCUT2D eigenvalue weighted by molar-refractivity contribution is 5.81. The Kier molecular flexibility index (Phi) is 4.92. The Morgan fingerprint density at radius 1 is 1.11 bits per heavy atom.